The van der Waals surface area contributed by atoms with Gasteiger partial charge in [0.1, 0.15) is 6.10 Å². The molecule has 1 aliphatic carbocycles. The number of thioether (sulfide) groups is 1. The lowest BCUT2D eigenvalue weighted by Gasteiger charge is -2.17. The summed E-state index contributed by atoms with van der Waals surface area (Å²) in [6.07, 6.45) is 4.14. The number of hydrogen-bond donors (Lipinski definition) is 2. The highest BCUT2D eigenvalue weighted by Crippen LogP contribution is 2.45. The highest BCUT2D eigenvalue weighted by Gasteiger charge is 2.42. The van der Waals surface area contributed by atoms with Gasteiger partial charge in [0.2, 0.25) is 0 Å². The fourth-order valence-electron chi connectivity index (χ4n) is 4.84. The van der Waals surface area contributed by atoms with Gasteiger partial charge in [-0.1, -0.05) is 44.5 Å². The minimum absolute atomic E-state index is 0.0413. The average molecular weight is 403 g/mol. The molecule has 2 heterocycles. The van der Waals surface area contributed by atoms with Crippen LogP contribution < -0.4 is 10.6 Å². The summed E-state index contributed by atoms with van der Waals surface area (Å²) in [4.78, 5) is 23.9. The lowest BCUT2D eigenvalue weighted by molar-refractivity contribution is -0.149. The Morgan fingerprint density at radius 1 is 1.21 bits per heavy atom. The zero-order chi connectivity index (χ0) is 19.7. The van der Waals surface area contributed by atoms with Crippen molar-refractivity contribution in [1.82, 2.24) is 10.6 Å². The van der Waals surface area contributed by atoms with Crippen LogP contribution in [0.1, 0.15) is 69.1 Å². The molecule has 0 aromatic heterocycles. The number of hydrogen-bond acceptors (Lipinski definition) is 4. The molecule has 2 amide bonds. The highest BCUT2D eigenvalue weighted by molar-refractivity contribution is 8.00. The predicted octanol–water partition coefficient (Wildman–Crippen LogP) is 4.14. The number of ether oxygens (including phenoxy) is 1. The molecule has 3 unspecified atom stereocenters. The molecule has 6 heteroatoms. The molecular formula is C22H30N2O3S. The van der Waals surface area contributed by atoms with E-state index in [-0.39, 0.29) is 30.2 Å². The summed E-state index contributed by atoms with van der Waals surface area (Å²) in [5.74, 6) is 1.91. The van der Waals surface area contributed by atoms with E-state index in [9.17, 15) is 9.59 Å². The Bertz CT molecular complexity index is 738. The van der Waals surface area contributed by atoms with Gasteiger partial charge in [0, 0.05) is 17.4 Å². The molecule has 2 aliphatic heterocycles. The van der Waals surface area contributed by atoms with Crippen LogP contribution in [0.25, 0.3) is 0 Å². The molecule has 1 aromatic carbocycles. The van der Waals surface area contributed by atoms with E-state index in [1.165, 1.54) is 11.1 Å². The summed E-state index contributed by atoms with van der Waals surface area (Å²) in [7, 11) is 0. The summed E-state index contributed by atoms with van der Waals surface area (Å²) in [5, 5.41) is 6.45. The zero-order valence-electron chi connectivity index (χ0n) is 16.6. The number of benzene rings is 1. The Balaban J connectivity index is 1.22. The molecule has 1 aromatic rings. The van der Waals surface area contributed by atoms with Gasteiger partial charge < -0.3 is 15.4 Å². The van der Waals surface area contributed by atoms with Gasteiger partial charge in [0.25, 0.3) is 0 Å². The maximum atomic E-state index is 12.4. The third-order valence-corrected chi connectivity index (χ3v) is 7.86. The molecule has 5 nitrogen and oxygen atoms in total. The van der Waals surface area contributed by atoms with Crippen LogP contribution in [0.15, 0.2) is 24.3 Å². The van der Waals surface area contributed by atoms with Crippen molar-refractivity contribution in [3.63, 3.8) is 0 Å². The Labute approximate surface area is 171 Å². The highest BCUT2D eigenvalue weighted by atomic mass is 32.2. The second kappa shape index (κ2) is 8.36. The van der Waals surface area contributed by atoms with Gasteiger partial charge in [-0.05, 0) is 42.2 Å². The van der Waals surface area contributed by atoms with Crippen molar-refractivity contribution in [1.29, 1.82) is 0 Å². The summed E-state index contributed by atoms with van der Waals surface area (Å²) >= 11 is 1.92. The predicted molar refractivity (Wildman–Crippen MR) is 111 cm³/mol. The third-order valence-electron chi connectivity index (χ3n) is 6.35. The van der Waals surface area contributed by atoms with Crippen molar-refractivity contribution in [3.8, 4) is 0 Å². The van der Waals surface area contributed by atoms with Crippen molar-refractivity contribution in [3.05, 3.63) is 35.4 Å². The number of carbonyl (C=O) groups is 2. The molecule has 5 atom stereocenters. The SMILES string of the molecule is CC(C)[C@@H]1C[C@@H](OC(=O)CCCCC2SCC3NC(=O)NC32)c2ccccc21. The minimum Gasteiger partial charge on any atom is -0.457 e. The molecule has 2 N–H and O–H groups in total. The van der Waals surface area contributed by atoms with Crippen LogP contribution >= 0.6 is 11.8 Å². The smallest absolute Gasteiger partial charge is 0.315 e. The summed E-state index contributed by atoms with van der Waals surface area (Å²) in [6.45, 7) is 4.47. The third kappa shape index (κ3) is 4.02. The number of esters is 1. The summed E-state index contributed by atoms with van der Waals surface area (Å²) in [6, 6.07) is 8.86. The standard InChI is InChI=1S/C22H30N2O3S/c1-13(2)16-11-18(15-8-4-3-7-14(15)16)27-20(25)10-6-5-9-19-21-17(12-28-19)23-22(26)24-21/h3-4,7-8,13,16-19,21H,5-6,9-12H2,1-2H3,(H2,23,24,26)/t16-,17?,18+,19?,21?/m0/s1. The normalized spacial score (nSPS) is 30.7. The fourth-order valence-corrected chi connectivity index (χ4v) is 6.39. The Kier molecular flexibility index (Phi) is 5.85. The largest absolute Gasteiger partial charge is 0.457 e. The van der Waals surface area contributed by atoms with Gasteiger partial charge in [-0.25, -0.2) is 4.79 Å². The van der Waals surface area contributed by atoms with Crippen molar-refractivity contribution in [2.45, 2.75) is 75.3 Å². The second-order valence-corrected chi connectivity index (χ2v) is 9.83. The van der Waals surface area contributed by atoms with Gasteiger partial charge in [0.05, 0.1) is 12.1 Å². The van der Waals surface area contributed by atoms with E-state index >= 15 is 0 Å². The van der Waals surface area contributed by atoms with Gasteiger partial charge in [-0.15, -0.1) is 0 Å². The number of urea groups is 1. The molecule has 2 saturated heterocycles. The van der Waals surface area contributed by atoms with Gasteiger partial charge in [-0.3, -0.25) is 4.79 Å². The minimum atomic E-state index is -0.0954. The van der Waals surface area contributed by atoms with Crippen LogP contribution in [-0.2, 0) is 9.53 Å². The quantitative estimate of drug-likeness (QED) is 0.409. The Morgan fingerprint density at radius 2 is 2.00 bits per heavy atom. The summed E-state index contributed by atoms with van der Waals surface area (Å²) < 4.78 is 5.86. The summed E-state index contributed by atoms with van der Waals surface area (Å²) in [5.41, 5.74) is 2.53. The average Bonchev–Trinajstić information content (AvgIpc) is 3.32. The van der Waals surface area contributed by atoms with E-state index in [0.717, 1.165) is 31.4 Å². The zero-order valence-corrected chi connectivity index (χ0v) is 17.5. The van der Waals surface area contributed by atoms with E-state index in [0.29, 0.717) is 23.5 Å². The number of fused-ring (bicyclic) bond motifs is 2. The molecule has 0 bridgehead atoms. The van der Waals surface area contributed by atoms with Crippen LogP contribution in [0.4, 0.5) is 4.79 Å². The van der Waals surface area contributed by atoms with Gasteiger partial charge in [-0.2, -0.15) is 11.8 Å². The van der Waals surface area contributed by atoms with E-state index in [1.807, 2.05) is 17.8 Å². The maximum Gasteiger partial charge on any atom is 0.315 e. The first-order valence-electron chi connectivity index (χ1n) is 10.5. The van der Waals surface area contributed by atoms with Crippen LogP contribution in [0.2, 0.25) is 0 Å². The van der Waals surface area contributed by atoms with Crippen LogP contribution in [0, 0.1) is 5.92 Å². The number of rotatable bonds is 7. The topological polar surface area (TPSA) is 67.4 Å². The fraction of sp³-hybridized carbons (Fsp3) is 0.636. The first kappa shape index (κ1) is 19.6. The van der Waals surface area contributed by atoms with E-state index in [1.54, 1.807) is 0 Å². The number of carbonyl (C=O) groups excluding carboxylic acids is 2. The number of amides is 2. The number of nitrogens with one attached hydrogen (secondary N) is 2. The number of unbranched alkanes of at least 4 members (excludes halogenated alkanes) is 1. The molecular weight excluding hydrogens is 372 g/mol. The Morgan fingerprint density at radius 3 is 2.79 bits per heavy atom. The molecule has 28 heavy (non-hydrogen) atoms. The van der Waals surface area contributed by atoms with E-state index in [4.69, 9.17) is 4.74 Å². The molecule has 4 rings (SSSR count). The first-order valence-corrected chi connectivity index (χ1v) is 11.5. The molecule has 0 radical (unpaired) electrons. The monoisotopic (exact) mass is 402 g/mol. The first-order chi connectivity index (χ1) is 13.5. The molecule has 152 valence electrons. The van der Waals surface area contributed by atoms with Crippen LogP contribution in [0.5, 0.6) is 0 Å². The van der Waals surface area contributed by atoms with Gasteiger partial charge >= 0.3 is 12.0 Å². The molecule has 2 fully saturated rings. The molecule has 0 spiro atoms. The molecule has 0 saturated carbocycles. The van der Waals surface area contributed by atoms with Crippen molar-refractivity contribution >= 4 is 23.8 Å². The van der Waals surface area contributed by atoms with Crippen molar-refractivity contribution < 1.29 is 14.3 Å². The lowest BCUT2D eigenvalue weighted by atomic mass is 9.90. The Hall–Kier alpha value is -1.69. The van der Waals surface area contributed by atoms with Gasteiger partial charge in [0.15, 0.2) is 0 Å². The van der Waals surface area contributed by atoms with Crippen molar-refractivity contribution in [2.75, 3.05) is 5.75 Å². The maximum absolute atomic E-state index is 12.4. The van der Waals surface area contributed by atoms with Crippen LogP contribution in [-0.4, -0.2) is 35.1 Å². The van der Waals surface area contributed by atoms with Crippen LogP contribution in [0.3, 0.4) is 0 Å². The molecule has 3 aliphatic rings. The van der Waals surface area contributed by atoms with E-state index in [2.05, 4.69) is 42.7 Å². The lowest BCUT2D eigenvalue weighted by Crippen LogP contribution is -2.36. The second-order valence-electron chi connectivity index (χ2n) is 8.56. The van der Waals surface area contributed by atoms with Crippen molar-refractivity contribution in [2.24, 2.45) is 5.92 Å². The van der Waals surface area contributed by atoms with E-state index < -0.39 is 0 Å².